The molecule has 0 saturated carbocycles. The first-order chi connectivity index (χ1) is 27.3. The van der Waals surface area contributed by atoms with Gasteiger partial charge in [-0.05, 0) is 121 Å². The lowest BCUT2D eigenvalue weighted by atomic mass is 9.70. The maximum absolute atomic E-state index is 6.46. The first kappa shape index (κ1) is 30.3. The second-order valence-corrected chi connectivity index (χ2v) is 14.8. The number of fused-ring (bicyclic) bond motifs is 15. The Morgan fingerprint density at radius 3 is 1.85 bits per heavy atom. The van der Waals surface area contributed by atoms with Crippen molar-refractivity contribution in [2.45, 2.75) is 5.41 Å². The molecule has 0 saturated heterocycles. The van der Waals surface area contributed by atoms with Crippen LogP contribution in [0.3, 0.4) is 0 Å². The van der Waals surface area contributed by atoms with Gasteiger partial charge in [0.1, 0.15) is 11.2 Å². The predicted octanol–water partition coefficient (Wildman–Crippen LogP) is 14.2. The Labute approximate surface area is 319 Å². The number of anilines is 3. The molecule has 0 amide bonds. The van der Waals surface area contributed by atoms with E-state index in [0.29, 0.717) is 0 Å². The van der Waals surface area contributed by atoms with Crippen molar-refractivity contribution >= 4 is 49.8 Å². The van der Waals surface area contributed by atoms with Crippen LogP contribution in [0.5, 0.6) is 0 Å². The van der Waals surface area contributed by atoms with E-state index in [4.69, 9.17) is 4.42 Å². The zero-order valence-corrected chi connectivity index (χ0v) is 29.9. The fraction of sp³-hybridized carbons (Fsp3) is 0.0189. The summed E-state index contributed by atoms with van der Waals surface area (Å²) in [5.74, 6) is 0. The Morgan fingerprint density at radius 1 is 0.364 bits per heavy atom. The average Bonchev–Trinajstić information content (AvgIpc) is 3.88. The van der Waals surface area contributed by atoms with Crippen molar-refractivity contribution in [2.24, 2.45) is 0 Å². The molecule has 2 aliphatic rings. The topological polar surface area (TPSA) is 16.4 Å². The minimum atomic E-state index is -0.458. The maximum Gasteiger partial charge on any atom is 0.136 e. The van der Waals surface area contributed by atoms with Gasteiger partial charge in [0, 0.05) is 27.8 Å². The molecule has 0 radical (unpaired) electrons. The highest BCUT2D eigenvalue weighted by molar-refractivity contribution is 6.16. The summed E-state index contributed by atoms with van der Waals surface area (Å²) in [6.07, 6.45) is 0. The van der Waals surface area contributed by atoms with Crippen LogP contribution in [-0.2, 0) is 5.41 Å². The lowest BCUT2D eigenvalue weighted by Crippen LogP contribution is -2.25. The van der Waals surface area contributed by atoms with Crippen LogP contribution in [0.25, 0.3) is 66.1 Å². The van der Waals surface area contributed by atoms with E-state index in [-0.39, 0.29) is 0 Å². The minimum Gasteiger partial charge on any atom is -0.456 e. The molecule has 2 nitrogen and oxygen atoms in total. The molecule has 0 aliphatic heterocycles. The molecule has 0 bridgehead atoms. The van der Waals surface area contributed by atoms with Gasteiger partial charge in [-0.25, -0.2) is 0 Å². The van der Waals surface area contributed by atoms with Gasteiger partial charge in [0.15, 0.2) is 0 Å². The molecule has 1 spiro atoms. The van der Waals surface area contributed by atoms with E-state index in [9.17, 15) is 0 Å². The molecule has 1 unspecified atom stereocenters. The molecule has 0 fully saturated rings. The van der Waals surface area contributed by atoms with Crippen molar-refractivity contribution in [3.8, 4) is 33.4 Å². The number of hydrogen-bond acceptors (Lipinski definition) is 2. The SMILES string of the molecule is c1ccc(N(c2ccc(-c3ccc4c(c3)C3(c5ccccc5-4)c4ccccc4-c4c3ccc3oc5ccccc5c43)cc2)c2ccc3ccccc3c2)cc1. The molecule has 12 rings (SSSR count). The highest BCUT2D eigenvalue weighted by Crippen LogP contribution is 2.64. The van der Waals surface area contributed by atoms with Crippen LogP contribution in [0.4, 0.5) is 17.1 Å². The Bertz CT molecular complexity index is 3160. The number of benzene rings is 9. The summed E-state index contributed by atoms with van der Waals surface area (Å²) in [6, 6.07) is 73.2. The zero-order chi connectivity index (χ0) is 36.1. The zero-order valence-electron chi connectivity index (χ0n) is 29.9. The lowest BCUT2D eigenvalue weighted by Gasteiger charge is -2.30. The smallest absolute Gasteiger partial charge is 0.136 e. The molecule has 9 aromatic carbocycles. The van der Waals surface area contributed by atoms with Crippen molar-refractivity contribution in [3.05, 3.63) is 222 Å². The summed E-state index contributed by atoms with van der Waals surface area (Å²) in [6.45, 7) is 0. The Balaban J connectivity index is 1.04. The predicted molar refractivity (Wildman–Crippen MR) is 228 cm³/mol. The second-order valence-electron chi connectivity index (χ2n) is 14.8. The van der Waals surface area contributed by atoms with Crippen LogP contribution in [0.2, 0.25) is 0 Å². The molecule has 256 valence electrons. The van der Waals surface area contributed by atoms with Crippen molar-refractivity contribution < 1.29 is 4.42 Å². The first-order valence-electron chi connectivity index (χ1n) is 19.0. The van der Waals surface area contributed by atoms with E-state index in [1.165, 1.54) is 71.8 Å². The molecule has 1 aromatic heterocycles. The third-order valence-corrected chi connectivity index (χ3v) is 12.1. The van der Waals surface area contributed by atoms with E-state index in [0.717, 1.165) is 33.6 Å². The first-order valence-corrected chi connectivity index (χ1v) is 19.0. The number of rotatable bonds is 4. The Kier molecular flexibility index (Phi) is 6.29. The minimum absolute atomic E-state index is 0.458. The van der Waals surface area contributed by atoms with Crippen molar-refractivity contribution in [1.82, 2.24) is 0 Å². The largest absolute Gasteiger partial charge is 0.456 e. The van der Waals surface area contributed by atoms with Gasteiger partial charge in [0.2, 0.25) is 0 Å². The van der Waals surface area contributed by atoms with E-state index in [1.807, 2.05) is 0 Å². The van der Waals surface area contributed by atoms with E-state index < -0.39 is 5.41 Å². The second kappa shape index (κ2) is 11.4. The Hall–Kier alpha value is -7.16. The van der Waals surface area contributed by atoms with Gasteiger partial charge in [0.05, 0.1) is 5.41 Å². The molecule has 1 heterocycles. The van der Waals surface area contributed by atoms with Crippen molar-refractivity contribution in [3.63, 3.8) is 0 Å². The fourth-order valence-corrected chi connectivity index (χ4v) is 9.76. The van der Waals surface area contributed by atoms with Gasteiger partial charge in [-0.15, -0.1) is 0 Å². The molecule has 10 aromatic rings. The number of hydrogen-bond donors (Lipinski definition) is 0. The summed E-state index contributed by atoms with van der Waals surface area (Å²) in [4.78, 5) is 2.34. The number of furan rings is 1. The van der Waals surface area contributed by atoms with Gasteiger partial charge in [-0.2, -0.15) is 0 Å². The molecule has 2 aliphatic carbocycles. The lowest BCUT2D eigenvalue weighted by molar-refractivity contribution is 0.668. The van der Waals surface area contributed by atoms with Crippen molar-refractivity contribution in [1.29, 1.82) is 0 Å². The summed E-state index contributed by atoms with van der Waals surface area (Å²) < 4.78 is 6.46. The van der Waals surface area contributed by atoms with Gasteiger partial charge in [-0.3, -0.25) is 0 Å². The molecule has 55 heavy (non-hydrogen) atoms. The molecular weight excluding hydrogens is 667 g/mol. The van der Waals surface area contributed by atoms with Gasteiger partial charge in [0.25, 0.3) is 0 Å². The van der Waals surface area contributed by atoms with Crippen LogP contribution < -0.4 is 4.90 Å². The maximum atomic E-state index is 6.46. The summed E-state index contributed by atoms with van der Waals surface area (Å²) >= 11 is 0. The van der Waals surface area contributed by atoms with Crippen LogP contribution in [0, 0.1) is 0 Å². The van der Waals surface area contributed by atoms with Gasteiger partial charge >= 0.3 is 0 Å². The molecule has 2 heteroatoms. The highest BCUT2D eigenvalue weighted by atomic mass is 16.3. The van der Waals surface area contributed by atoms with Crippen LogP contribution in [0.1, 0.15) is 22.3 Å². The number of para-hydroxylation sites is 2. The number of nitrogens with zero attached hydrogens (tertiary/aromatic N) is 1. The quantitative estimate of drug-likeness (QED) is 0.182. The van der Waals surface area contributed by atoms with Crippen LogP contribution >= 0.6 is 0 Å². The summed E-state index contributed by atoms with van der Waals surface area (Å²) in [5, 5.41) is 4.82. The molecular formula is C53H33NO. The standard InChI is InChI=1S/C53H33NO/c1-2-14-38(15-3-1)54(40-28-24-34-12-4-5-13-36(34)32-40)39-26-22-35(23-27-39)37-25-29-42-41-16-6-9-19-45(41)53(48(42)33-37)46-20-10-7-17-43(46)51-47(53)30-31-50-52(51)44-18-8-11-21-49(44)55-50/h1-33H. The van der Waals surface area contributed by atoms with Gasteiger partial charge in [-0.1, -0.05) is 146 Å². The van der Waals surface area contributed by atoms with Crippen LogP contribution in [0.15, 0.2) is 205 Å². The molecule has 0 N–H and O–H groups in total. The molecule has 1 atom stereocenters. The van der Waals surface area contributed by atoms with E-state index in [1.54, 1.807) is 0 Å². The third-order valence-electron chi connectivity index (χ3n) is 12.1. The fourth-order valence-electron chi connectivity index (χ4n) is 9.76. The summed E-state index contributed by atoms with van der Waals surface area (Å²) in [7, 11) is 0. The monoisotopic (exact) mass is 699 g/mol. The Morgan fingerprint density at radius 2 is 1.00 bits per heavy atom. The van der Waals surface area contributed by atoms with Crippen LogP contribution in [-0.4, -0.2) is 0 Å². The highest BCUT2D eigenvalue weighted by Gasteiger charge is 2.52. The van der Waals surface area contributed by atoms with Crippen molar-refractivity contribution in [2.75, 3.05) is 4.90 Å². The summed E-state index contributed by atoms with van der Waals surface area (Å²) in [5.41, 5.74) is 17.6. The average molecular weight is 700 g/mol. The third kappa shape index (κ3) is 4.19. The van der Waals surface area contributed by atoms with E-state index >= 15 is 0 Å². The normalized spacial score (nSPS) is 15.0. The van der Waals surface area contributed by atoms with Gasteiger partial charge < -0.3 is 9.32 Å². The van der Waals surface area contributed by atoms with E-state index in [2.05, 4.69) is 205 Å².